The Morgan fingerprint density at radius 2 is 0.471 bits per heavy atom. The summed E-state index contributed by atoms with van der Waals surface area (Å²) in [5.74, 6) is 2.66. The molecule has 0 unspecified atom stereocenters. The monoisotopic (exact) mass is 968 g/mol. The molecule has 0 N–H and O–H groups in total. The molecule has 0 radical (unpaired) electrons. The zero-order valence-electron chi connectivity index (χ0n) is 47.8. The van der Waals surface area contributed by atoms with E-state index in [1.54, 1.807) is 21.3 Å². The van der Waals surface area contributed by atoms with E-state index >= 15 is 0 Å². The quantitative estimate of drug-likeness (QED) is 0.0321. The van der Waals surface area contributed by atoms with E-state index in [9.17, 15) is 0 Å². The molecule has 0 spiro atoms. The van der Waals surface area contributed by atoms with Crippen molar-refractivity contribution in [3.63, 3.8) is 0 Å². The Labute approximate surface area is 436 Å². The van der Waals surface area contributed by atoms with Gasteiger partial charge >= 0.3 is 0 Å². The van der Waals surface area contributed by atoms with Gasteiger partial charge in [0, 0.05) is 0 Å². The van der Waals surface area contributed by atoms with Crippen LogP contribution in [0.15, 0.2) is 72.8 Å². The maximum atomic E-state index is 5.49. The summed E-state index contributed by atoms with van der Waals surface area (Å²) in [5.41, 5.74) is 4.02. The highest BCUT2D eigenvalue weighted by Crippen LogP contribution is 2.24. The normalized spacial score (nSPS) is 11.7. The highest BCUT2D eigenvalue weighted by molar-refractivity contribution is 7.11. The molecule has 4 nitrogen and oxygen atoms in total. The zero-order chi connectivity index (χ0) is 50.6. The van der Waals surface area contributed by atoms with Gasteiger partial charge in [0.15, 0.2) is 0 Å². The number of hydrogen-bond acceptors (Lipinski definition) is 3. The number of quaternary nitrogens is 1. The van der Waals surface area contributed by atoms with E-state index in [-0.39, 0.29) is 0 Å². The molecule has 70 heavy (non-hydrogen) atoms. The van der Waals surface area contributed by atoms with Crippen LogP contribution in [0.5, 0.6) is 17.2 Å². The molecule has 0 saturated heterocycles. The third-order valence-corrected chi connectivity index (χ3v) is 16.0. The van der Waals surface area contributed by atoms with Crippen molar-refractivity contribution < 1.29 is 18.7 Å². The molecule has 0 fully saturated rings. The maximum Gasteiger partial charge on any atom is 0.118 e. The summed E-state index contributed by atoms with van der Waals surface area (Å²) < 4.78 is 18.0. The third kappa shape index (κ3) is 26.7. The molecule has 0 aliphatic heterocycles. The van der Waals surface area contributed by atoms with Gasteiger partial charge in [-0.15, -0.1) is 0 Å². The largest absolute Gasteiger partial charge is 0.497 e. The average Bonchev–Trinajstić information content (AvgIpc) is 3.40. The van der Waals surface area contributed by atoms with Gasteiger partial charge in [0.2, 0.25) is 0 Å². The van der Waals surface area contributed by atoms with Gasteiger partial charge in [-0.2, -0.15) is 22.7 Å². The predicted molar refractivity (Wildman–Crippen MR) is 314 cm³/mol. The molecule has 0 bridgehead atoms. The molecule has 0 saturated carbocycles. The SMILES string of the molecule is CCCCCCCCCCCC[B-](c1ccc(OC)cc1)(c1ccc(OC)cc1)c1ccc(OC)cc1.CCCCCCCC[N+](CCCCCCCC)(CCCCCCCC)CCCCCCCC. The van der Waals surface area contributed by atoms with Crippen LogP contribution in [0.3, 0.4) is 0 Å². The molecular formula is C65H114BNO3. The van der Waals surface area contributed by atoms with E-state index in [1.165, 1.54) is 265 Å². The van der Waals surface area contributed by atoms with E-state index < -0.39 is 6.15 Å². The fourth-order valence-electron chi connectivity index (χ4n) is 11.4. The lowest BCUT2D eigenvalue weighted by Crippen LogP contribution is -2.66. The average molecular weight is 968 g/mol. The number of hydrogen-bond donors (Lipinski definition) is 0. The van der Waals surface area contributed by atoms with Gasteiger partial charge in [0.05, 0.1) is 53.7 Å². The lowest BCUT2D eigenvalue weighted by Gasteiger charge is -2.43. The number of unbranched alkanes of at least 4 members (excludes halogenated alkanes) is 29. The first-order chi connectivity index (χ1) is 34.4. The van der Waals surface area contributed by atoms with Crippen molar-refractivity contribution in [3.05, 3.63) is 72.8 Å². The second-order valence-corrected chi connectivity index (χ2v) is 21.6. The molecule has 5 heteroatoms. The topological polar surface area (TPSA) is 27.7 Å². The van der Waals surface area contributed by atoms with Crippen molar-refractivity contribution in [1.29, 1.82) is 0 Å². The number of nitrogens with zero attached hydrogens (tertiary/aromatic N) is 1. The number of benzene rings is 3. The molecule has 0 aromatic heterocycles. The molecule has 0 amide bonds. The van der Waals surface area contributed by atoms with Gasteiger partial charge in [-0.3, -0.25) is 0 Å². The van der Waals surface area contributed by atoms with Crippen LogP contribution in [-0.2, 0) is 0 Å². The van der Waals surface area contributed by atoms with E-state index in [4.69, 9.17) is 14.2 Å². The molecule has 0 heterocycles. The molecule has 3 aromatic rings. The standard InChI is InChI=1S/C33H46BO3.C32H68N/c1-5-6-7-8-9-10-11-12-13-14-27-34(28-15-21-31(35-2)22-16-28,29-17-23-32(36-3)24-18-29)30-19-25-33(37-4)26-20-30;1-5-9-13-17-21-25-29-33(30-26-22-18-14-10-6-2,31-27-23-19-15-11-7-3)32-28-24-20-16-12-8-4/h15-26H,5-14,27H2,1-4H3;5-32H2,1-4H3/q-1;+1. The minimum Gasteiger partial charge on any atom is -0.497 e. The second kappa shape index (κ2) is 42.6. The smallest absolute Gasteiger partial charge is 0.118 e. The first kappa shape index (κ1) is 63.2. The lowest BCUT2D eigenvalue weighted by molar-refractivity contribution is -0.929. The Hall–Kier alpha value is -2.92. The van der Waals surface area contributed by atoms with E-state index in [1.807, 2.05) is 0 Å². The van der Waals surface area contributed by atoms with Gasteiger partial charge in [-0.25, -0.2) is 0 Å². The van der Waals surface area contributed by atoms with Crippen LogP contribution in [0, 0.1) is 0 Å². The second-order valence-electron chi connectivity index (χ2n) is 21.6. The number of rotatable bonds is 45. The van der Waals surface area contributed by atoms with Crippen LogP contribution in [-0.4, -0.2) is 58.1 Å². The van der Waals surface area contributed by atoms with E-state index in [0.29, 0.717) is 0 Å². The van der Waals surface area contributed by atoms with Crippen molar-refractivity contribution in [3.8, 4) is 17.2 Å². The van der Waals surface area contributed by atoms with Crippen molar-refractivity contribution >= 4 is 22.5 Å². The van der Waals surface area contributed by atoms with Crippen LogP contribution >= 0.6 is 0 Å². The molecule has 3 rings (SSSR count). The van der Waals surface area contributed by atoms with Crippen LogP contribution < -0.4 is 30.6 Å². The van der Waals surface area contributed by atoms with Crippen molar-refractivity contribution in [2.24, 2.45) is 0 Å². The van der Waals surface area contributed by atoms with Gasteiger partial charge in [-0.05, 0) is 87.8 Å². The first-order valence-electron chi connectivity index (χ1n) is 30.4. The van der Waals surface area contributed by atoms with Crippen molar-refractivity contribution in [2.45, 2.75) is 259 Å². The van der Waals surface area contributed by atoms with Gasteiger partial charge < -0.3 is 18.7 Å². The van der Waals surface area contributed by atoms with E-state index in [2.05, 4.69) is 107 Å². The van der Waals surface area contributed by atoms with Crippen LogP contribution in [0.4, 0.5) is 0 Å². The number of methoxy groups -OCH3 is 3. The minimum atomic E-state index is -1.18. The summed E-state index contributed by atoms with van der Waals surface area (Å²) in [7, 11) is 5.18. The maximum absolute atomic E-state index is 5.49. The molecule has 0 aliphatic carbocycles. The van der Waals surface area contributed by atoms with Crippen molar-refractivity contribution in [2.75, 3.05) is 47.5 Å². The van der Waals surface area contributed by atoms with Gasteiger partial charge in [0.25, 0.3) is 0 Å². The van der Waals surface area contributed by atoms with Gasteiger partial charge in [-0.1, -0.05) is 238 Å². The summed E-state index contributed by atoms with van der Waals surface area (Å²) in [6.45, 7) is 17.5. The van der Waals surface area contributed by atoms with Gasteiger partial charge in [0.1, 0.15) is 17.2 Å². The molecule has 3 aromatic carbocycles. The summed E-state index contributed by atoms with van der Waals surface area (Å²) in [4.78, 5) is 0. The van der Waals surface area contributed by atoms with E-state index in [0.717, 1.165) is 23.6 Å². The fraction of sp³-hybridized carbons (Fsp3) is 0.723. The Balaban J connectivity index is 0.000000484. The summed E-state index contributed by atoms with van der Waals surface area (Å²) >= 11 is 0. The fourth-order valence-corrected chi connectivity index (χ4v) is 11.4. The lowest BCUT2D eigenvalue weighted by atomic mass is 9.14. The first-order valence-corrected chi connectivity index (χ1v) is 30.4. The Bertz CT molecular complexity index is 1390. The summed E-state index contributed by atoms with van der Waals surface area (Å²) in [6, 6.07) is 26.1. The molecular weight excluding hydrogens is 854 g/mol. The van der Waals surface area contributed by atoms with Crippen molar-refractivity contribution in [1.82, 2.24) is 0 Å². The molecule has 0 aliphatic rings. The molecule has 400 valence electrons. The molecule has 0 atom stereocenters. The highest BCUT2D eigenvalue weighted by atomic mass is 16.5. The Morgan fingerprint density at radius 1 is 0.271 bits per heavy atom. The minimum absolute atomic E-state index is 0.886. The Kier molecular flexibility index (Phi) is 38.4. The predicted octanol–water partition coefficient (Wildman–Crippen LogP) is 18.3. The summed E-state index contributed by atoms with van der Waals surface area (Å²) in [5, 5.41) is 0. The van der Waals surface area contributed by atoms with Crippen LogP contribution in [0.25, 0.3) is 0 Å². The third-order valence-electron chi connectivity index (χ3n) is 16.0. The highest BCUT2D eigenvalue weighted by Gasteiger charge is 2.30. The zero-order valence-corrected chi connectivity index (χ0v) is 47.8. The summed E-state index contributed by atoms with van der Waals surface area (Å²) in [6.07, 6.45) is 48.1. The van der Waals surface area contributed by atoms with Crippen LogP contribution in [0.2, 0.25) is 6.32 Å². The number of ether oxygens (including phenoxy) is 3. The Morgan fingerprint density at radius 3 is 0.686 bits per heavy atom. The van der Waals surface area contributed by atoms with Crippen LogP contribution in [0.1, 0.15) is 253 Å².